The zero-order valence-electron chi connectivity index (χ0n) is 16.6. The predicted molar refractivity (Wildman–Crippen MR) is 114 cm³/mol. The third-order valence-electron chi connectivity index (χ3n) is 5.26. The van der Waals surface area contributed by atoms with E-state index < -0.39 is 5.97 Å². The van der Waals surface area contributed by atoms with Crippen LogP contribution in [0.25, 0.3) is 11.0 Å². The Kier molecular flexibility index (Phi) is 5.47. The highest BCUT2D eigenvalue weighted by molar-refractivity contribution is 6.02. The Labute approximate surface area is 172 Å². The van der Waals surface area contributed by atoms with Gasteiger partial charge in [0, 0.05) is 13.1 Å². The van der Waals surface area contributed by atoms with Gasteiger partial charge in [-0.15, -0.1) is 0 Å². The van der Waals surface area contributed by atoms with Gasteiger partial charge in [-0.05, 0) is 37.1 Å². The molecule has 4 rings (SSSR count). The number of H-pyrrole nitrogens is 1. The monoisotopic (exact) mass is 406 g/mol. The summed E-state index contributed by atoms with van der Waals surface area (Å²) >= 11 is 0. The van der Waals surface area contributed by atoms with Crippen molar-refractivity contribution >= 4 is 34.4 Å². The highest BCUT2D eigenvalue weighted by Crippen LogP contribution is 2.23. The molecule has 1 aliphatic rings. The van der Waals surface area contributed by atoms with E-state index in [0.29, 0.717) is 47.6 Å². The zero-order valence-corrected chi connectivity index (χ0v) is 16.6. The summed E-state index contributed by atoms with van der Waals surface area (Å²) in [5.74, 6) is -0.727. The molecular weight excluding hydrogens is 384 g/mol. The molecule has 1 unspecified atom stereocenters. The summed E-state index contributed by atoms with van der Waals surface area (Å²) in [6.45, 7) is 1.03. The Hall–Kier alpha value is -3.68. The van der Waals surface area contributed by atoms with Gasteiger partial charge in [0.05, 0.1) is 35.3 Å². The van der Waals surface area contributed by atoms with Gasteiger partial charge in [0.25, 0.3) is 5.56 Å². The first-order chi connectivity index (χ1) is 14.6. The van der Waals surface area contributed by atoms with Crippen molar-refractivity contribution in [2.24, 2.45) is 5.92 Å². The normalized spacial score (nSPS) is 16.3. The second-order valence-corrected chi connectivity index (χ2v) is 7.22. The first kappa shape index (κ1) is 19.6. The molecule has 3 aromatic rings. The van der Waals surface area contributed by atoms with Crippen molar-refractivity contribution in [3.05, 3.63) is 64.4 Å². The van der Waals surface area contributed by atoms with Crippen molar-refractivity contribution in [2.75, 3.05) is 30.4 Å². The Morgan fingerprint density at radius 2 is 1.93 bits per heavy atom. The fourth-order valence-corrected chi connectivity index (χ4v) is 3.73. The number of para-hydroxylation sites is 3. The molecule has 0 radical (unpaired) electrons. The topological polar surface area (TPSA) is 104 Å². The Balaban J connectivity index is 1.54. The zero-order chi connectivity index (χ0) is 21.1. The molecular formula is C22H22N4O4. The van der Waals surface area contributed by atoms with Gasteiger partial charge in [0.15, 0.2) is 5.82 Å². The molecule has 8 heteroatoms. The number of carbonyl (C=O) groups is 2. The van der Waals surface area contributed by atoms with E-state index in [0.717, 1.165) is 6.42 Å². The fraction of sp³-hybridized carbons (Fsp3) is 0.273. The summed E-state index contributed by atoms with van der Waals surface area (Å²) in [5.41, 5.74) is 1.82. The number of anilines is 2. The van der Waals surface area contributed by atoms with E-state index in [9.17, 15) is 14.4 Å². The average molecular weight is 406 g/mol. The van der Waals surface area contributed by atoms with Crippen LogP contribution in [-0.4, -0.2) is 42.0 Å². The van der Waals surface area contributed by atoms with Gasteiger partial charge in [0.1, 0.15) is 0 Å². The van der Waals surface area contributed by atoms with Crippen LogP contribution in [0.5, 0.6) is 0 Å². The molecule has 1 aromatic heterocycles. The lowest BCUT2D eigenvalue weighted by Crippen LogP contribution is -2.43. The lowest BCUT2D eigenvalue weighted by atomic mass is 9.97. The van der Waals surface area contributed by atoms with Crippen LogP contribution >= 0.6 is 0 Å². The van der Waals surface area contributed by atoms with E-state index in [-0.39, 0.29) is 17.4 Å². The lowest BCUT2D eigenvalue weighted by Gasteiger charge is -2.32. The molecule has 1 aliphatic heterocycles. The minimum Gasteiger partial charge on any atom is -0.465 e. The second kappa shape index (κ2) is 8.36. The first-order valence-corrected chi connectivity index (χ1v) is 9.79. The first-order valence-electron chi connectivity index (χ1n) is 9.79. The number of ether oxygens (including phenoxy) is 1. The van der Waals surface area contributed by atoms with E-state index in [2.05, 4.69) is 15.3 Å². The molecule has 0 saturated carbocycles. The summed E-state index contributed by atoms with van der Waals surface area (Å²) in [5, 5.41) is 2.84. The number of nitrogens with one attached hydrogen (secondary N) is 2. The molecule has 0 aliphatic carbocycles. The van der Waals surface area contributed by atoms with E-state index in [1.54, 1.807) is 30.3 Å². The summed E-state index contributed by atoms with van der Waals surface area (Å²) in [6, 6.07) is 14.1. The van der Waals surface area contributed by atoms with Crippen LogP contribution in [0.15, 0.2) is 53.3 Å². The number of esters is 1. The second-order valence-electron chi connectivity index (χ2n) is 7.22. The maximum absolute atomic E-state index is 12.9. The molecule has 1 atom stereocenters. The number of methoxy groups -OCH3 is 1. The number of hydrogen-bond donors (Lipinski definition) is 2. The van der Waals surface area contributed by atoms with Crippen LogP contribution in [0.3, 0.4) is 0 Å². The molecule has 154 valence electrons. The van der Waals surface area contributed by atoms with E-state index in [1.165, 1.54) is 7.11 Å². The Morgan fingerprint density at radius 3 is 2.77 bits per heavy atom. The van der Waals surface area contributed by atoms with E-state index in [1.807, 2.05) is 23.1 Å². The fourth-order valence-electron chi connectivity index (χ4n) is 3.73. The van der Waals surface area contributed by atoms with Crippen molar-refractivity contribution in [1.82, 2.24) is 9.97 Å². The van der Waals surface area contributed by atoms with Gasteiger partial charge in [-0.1, -0.05) is 24.3 Å². The molecule has 2 heterocycles. The molecule has 2 aromatic carbocycles. The number of piperidine rings is 1. The van der Waals surface area contributed by atoms with Crippen LogP contribution in [0.2, 0.25) is 0 Å². The maximum atomic E-state index is 12.9. The Bertz CT molecular complexity index is 1160. The number of nitrogens with zero attached hydrogens (tertiary/aromatic N) is 2. The average Bonchev–Trinajstić information content (AvgIpc) is 2.78. The van der Waals surface area contributed by atoms with Gasteiger partial charge in [0.2, 0.25) is 5.91 Å². The number of fused-ring (bicyclic) bond motifs is 1. The quantitative estimate of drug-likeness (QED) is 0.646. The standard InChI is InChI=1S/C22H22N4O4/c1-30-22(29)15-8-2-3-9-16(15)24-20(27)14-7-6-12-26(13-14)19-21(28)25-18-11-5-4-10-17(18)23-19/h2-5,8-11,14H,6-7,12-13H2,1H3,(H,24,27)(H,25,28). The van der Waals surface area contributed by atoms with Crippen molar-refractivity contribution < 1.29 is 14.3 Å². The Morgan fingerprint density at radius 1 is 1.17 bits per heavy atom. The number of aromatic amines is 1. The third-order valence-corrected chi connectivity index (χ3v) is 5.26. The molecule has 0 bridgehead atoms. The molecule has 1 fully saturated rings. The largest absolute Gasteiger partial charge is 0.465 e. The van der Waals surface area contributed by atoms with Crippen LogP contribution in [0.1, 0.15) is 23.2 Å². The predicted octanol–water partition coefficient (Wildman–Crippen LogP) is 2.56. The third kappa shape index (κ3) is 3.89. The molecule has 1 amide bonds. The van der Waals surface area contributed by atoms with Gasteiger partial charge >= 0.3 is 5.97 Å². The lowest BCUT2D eigenvalue weighted by molar-refractivity contribution is -0.120. The minimum absolute atomic E-state index is 0.201. The SMILES string of the molecule is COC(=O)c1ccccc1NC(=O)C1CCCN(c2nc3ccccc3[nH]c2=O)C1. The van der Waals surface area contributed by atoms with Crippen LogP contribution in [-0.2, 0) is 9.53 Å². The number of benzene rings is 2. The molecule has 1 saturated heterocycles. The number of carbonyl (C=O) groups excluding carboxylic acids is 2. The van der Waals surface area contributed by atoms with E-state index in [4.69, 9.17) is 4.74 Å². The highest BCUT2D eigenvalue weighted by atomic mass is 16.5. The minimum atomic E-state index is -0.511. The summed E-state index contributed by atoms with van der Waals surface area (Å²) in [7, 11) is 1.30. The highest BCUT2D eigenvalue weighted by Gasteiger charge is 2.28. The number of hydrogen-bond acceptors (Lipinski definition) is 6. The smallest absolute Gasteiger partial charge is 0.339 e. The summed E-state index contributed by atoms with van der Waals surface area (Å²) in [6.07, 6.45) is 1.44. The molecule has 30 heavy (non-hydrogen) atoms. The molecule has 8 nitrogen and oxygen atoms in total. The molecule has 2 N–H and O–H groups in total. The van der Waals surface area contributed by atoms with Crippen LogP contribution in [0.4, 0.5) is 11.5 Å². The number of aromatic nitrogens is 2. The van der Waals surface area contributed by atoms with Crippen molar-refractivity contribution in [3.8, 4) is 0 Å². The van der Waals surface area contributed by atoms with Gasteiger partial charge < -0.3 is 19.9 Å². The maximum Gasteiger partial charge on any atom is 0.339 e. The molecule has 0 spiro atoms. The van der Waals surface area contributed by atoms with Crippen LogP contribution in [0, 0.1) is 5.92 Å². The van der Waals surface area contributed by atoms with Gasteiger partial charge in [-0.3, -0.25) is 9.59 Å². The van der Waals surface area contributed by atoms with E-state index >= 15 is 0 Å². The summed E-state index contributed by atoms with van der Waals surface area (Å²) < 4.78 is 4.78. The van der Waals surface area contributed by atoms with Crippen molar-refractivity contribution in [3.63, 3.8) is 0 Å². The van der Waals surface area contributed by atoms with Gasteiger partial charge in [-0.2, -0.15) is 0 Å². The van der Waals surface area contributed by atoms with Gasteiger partial charge in [-0.25, -0.2) is 9.78 Å². The number of rotatable bonds is 4. The van der Waals surface area contributed by atoms with Crippen molar-refractivity contribution in [1.29, 1.82) is 0 Å². The van der Waals surface area contributed by atoms with Crippen LogP contribution < -0.4 is 15.8 Å². The number of amides is 1. The summed E-state index contributed by atoms with van der Waals surface area (Å²) in [4.78, 5) is 46.6. The van der Waals surface area contributed by atoms with Crippen molar-refractivity contribution in [2.45, 2.75) is 12.8 Å².